The lowest BCUT2D eigenvalue weighted by atomic mass is 9.82. The van der Waals surface area contributed by atoms with Crippen molar-refractivity contribution < 1.29 is 13.9 Å². The number of halogens is 1. The first-order valence-electron chi connectivity index (χ1n) is 12.2. The van der Waals surface area contributed by atoms with Gasteiger partial charge in [-0.05, 0) is 74.1 Å². The van der Waals surface area contributed by atoms with Crippen LogP contribution in [0.2, 0.25) is 0 Å². The van der Waals surface area contributed by atoms with Gasteiger partial charge in [-0.1, -0.05) is 51.1 Å². The summed E-state index contributed by atoms with van der Waals surface area (Å²) in [5.74, 6) is 0.595. The van der Waals surface area contributed by atoms with Crippen LogP contribution < -0.4 is 10.1 Å². The number of pyridine rings is 1. The number of benzene rings is 2. The molecule has 4 rings (SSSR count). The van der Waals surface area contributed by atoms with Crippen molar-refractivity contribution in [1.82, 2.24) is 9.38 Å². The molecule has 0 aliphatic rings. The van der Waals surface area contributed by atoms with Crippen molar-refractivity contribution in [1.29, 1.82) is 0 Å². The number of anilines is 1. The Hall–Kier alpha value is -3.67. The maximum Gasteiger partial charge on any atom is 0.315 e. The lowest BCUT2D eigenvalue weighted by molar-refractivity contribution is -0.133. The molecule has 0 radical (unpaired) electrons. The molecule has 188 valence electrons. The fraction of sp³-hybridized carbons (Fsp3) is 0.333. The Labute approximate surface area is 212 Å². The monoisotopic (exact) mass is 487 g/mol. The van der Waals surface area contributed by atoms with Crippen LogP contribution in [0.3, 0.4) is 0 Å². The molecule has 1 N–H and O–H groups in total. The summed E-state index contributed by atoms with van der Waals surface area (Å²) in [4.78, 5) is 17.5. The molecule has 5 nitrogen and oxygen atoms in total. The Morgan fingerprint density at radius 1 is 1.03 bits per heavy atom. The summed E-state index contributed by atoms with van der Waals surface area (Å²) >= 11 is 0. The van der Waals surface area contributed by atoms with Gasteiger partial charge in [0.15, 0.2) is 0 Å². The molecule has 2 heterocycles. The maximum atomic E-state index is 13.2. The van der Waals surface area contributed by atoms with E-state index in [0.717, 1.165) is 34.7 Å². The number of carbonyl (C=O) groups excluding carboxylic acids is 1. The quantitative estimate of drug-likeness (QED) is 0.221. The number of rotatable bonds is 7. The summed E-state index contributed by atoms with van der Waals surface area (Å²) in [5.41, 5.74) is 4.24. The van der Waals surface area contributed by atoms with Crippen LogP contribution in [0.5, 0.6) is 5.75 Å². The Morgan fingerprint density at radius 2 is 1.75 bits per heavy atom. The molecule has 0 saturated heterocycles. The van der Waals surface area contributed by atoms with Gasteiger partial charge in [-0.15, -0.1) is 0 Å². The summed E-state index contributed by atoms with van der Waals surface area (Å²) < 4.78 is 20.9. The van der Waals surface area contributed by atoms with E-state index in [-0.39, 0.29) is 23.2 Å². The number of nitrogens with zero attached hydrogens (tertiary/aromatic N) is 2. The van der Waals surface area contributed by atoms with Crippen molar-refractivity contribution in [2.24, 2.45) is 5.41 Å². The van der Waals surface area contributed by atoms with E-state index in [2.05, 4.69) is 44.3 Å². The van der Waals surface area contributed by atoms with Gasteiger partial charge in [-0.25, -0.2) is 9.37 Å². The zero-order valence-corrected chi connectivity index (χ0v) is 21.9. The number of hydrogen-bond acceptors (Lipinski definition) is 4. The van der Waals surface area contributed by atoms with Crippen molar-refractivity contribution in [2.75, 3.05) is 5.32 Å². The fourth-order valence-electron chi connectivity index (χ4n) is 4.86. The molecule has 0 atom stereocenters. The minimum atomic E-state index is -0.408. The van der Waals surface area contributed by atoms with Gasteiger partial charge < -0.3 is 10.1 Å². The summed E-state index contributed by atoms with van der Waals surface area (Å²) in [6.45, 7) is 13.2. The average Bonchev–Trinajstić information content (AvgIpc) is 3.13. The van der Waals surface area contributed by atoms with Crippen molar-refractivity contribution in [3.8, 4) is 17.0 Å². The van der Waals surface area contributed by atoms with Gasteiger partial charge in [-0.2, -0.15) is 0 Å². The SMILES string of the molecule is Cc1cccn2c(NC(C)(C)CC(C)(C)C)c(-c3cccc(OC(=O)Cc4ccc(F)cc4)c3)nc12. The van der Waals surface area contributed by atoms with Crippen LogP contribution in [-0.2, 0) is 11.2 Å². The highest BCUT2D eigenvalue weighted by atomic mass is 19.1. The third kappa shape index (κ3) is 6.11. The molecule has 36 heavy (non-hydrogen) atoms. The van der Waals surface area contributed by atoms with Crippen molar-refractivity contribution in [3.63, 3.8) is 0 Å². The number of aromatic nitrogens is 2. The molecular formula is C30H34FN3O2. The number of ether oxygens (including phenoxy) is 1. The Bertz CT molecular complexity index is 1380. The van der Waals surface area contributed by atoms with E-state index in [0.29, 0.717) is 11.3 Å². The Kier molecular flexibility index (Phi) is 6.90. The summed E-state index contributed by atoms with van der Waals surface area (Å²) in [5, 5.41) is 3.75. The molecule has 2 aromatic carbocycles. The largest absolute Gasteiger partial charge is 0.426 e. The maximum absolute atomic E-state index is 13.2. The van der Waals surface area contributed by atoms with Crippen LogP contribution in [0.4, 0.5) is 10.2 Å². The lowest BCUT2D eigenvalue weighted by Gasteiger charge is -2.34. The van der Waals surface area contributed by atoms with E-state index in [4.69, 9.17) is 9.72 Å². The predicted molar refractivity (Wildman–Crippen MR) is 143 cm³/mol. The van der Waals surface area contributed by atoms with Gasteiger partial charge in [0, 0.05) is 17.3 Å². The minimum absolute atomic E-state index is 0.0614. The highest BCUT2D eigenvalue weighted by Gasteiger charge is 2.28. The molecule has 0 saturated carbocycles. The summed E-state index contributed by atoms with van der Waals surface area (Å²) in [7, 11) is 0. The molecule has 6 heteroatoms. The van der Waals surface area contributed by atoms with Gasteiger partial charge in [-0.3, -0.25) is 9.20 Å². The zero-order valence-electron chi connectivity index (χ0n) is 21.9. The van der Waals surface area contributed by atoms with E-state index in [1.54, 1.807) is 18.2 Å². The van der Waals surface area contributed by atoms with Crippen LogP contribution in [0.1, 0.15) is 52.2 Å². The highest BCUT2D eigenvalue weighted by molar-refractivity contribution is 5.80. The van der Waals surface area contributed by atoms with E-state index in [1.807, 2.05) is 43.5 Å². The van der Waals surface area contributed by atoms with E-state index in [1.165, 1.54) is 12.1 Å². The standard InChI is InChI=1S/C30H34FN3O2/c1-20-9-8-16-34-27(20)32-26(28(34)33-30(5,6)19-29(2,3)4)22-10-7-11-24(18-22)36-25(35)17-21-12-14-23(31)15-13-21/h7-16,18,33H,17,19H2,1-6H3. The molecular weight excluding hydrogens is 453 g/mol. The average molecular weight is 488 g/mol. The number of hydrogen-bond donors (Lipinski definition) is 1. The predicted octanol–water partition coefficient (Wildman–Crippen LogP) is 7.22. The Balaban J connectivity index is 1.66. The molecule has 0 fully saturated rings. The third-order valence-corrected chi connectivity index (χ3v) is 5.88. The fourth-order valence-corrected chi connectivity index (χ4v) is 4.86. The first kappa shape index (κ1) is 25.4. The number of imidazole rings is 1. The zero-order chi connectivity index (χ0) is 26.1. The highest BCUT2D eigenvalue weighted by Crippen LogP contribution is 2.36. The number of esters is 1. The van der Waals surface area contributed by atoms with E-state index in [9.17, 15) is 9.18 Å². The van der Waals surface area contributed by atoms with Crippen molar-refractivity contribution in [3.05, 3.63) is 83.8 Å². The second kappa shape index (κ2) is 9.76. The van der Waals surface area contributed by atoms with Crippen LogP contribution in [-0.4, -0.2) is 20.9 Å². The second-order valence-electron chi connectivity index (χ2n) is 11.2. The van der Waals surface area contributed by atoms with E-state index < -0.39 is 5.97 Å². The van der Waals surface area contributed by atoms with Crippen molar-refractivity contribution >= 4 is 17.4 Å². The molecule has 0 aliphatic carbocycles. The summed E-state index contributed by atoms with van der Waals surface area (Å²) in [6.07, 6.45) is 3.03. The van der Waals surface area contributed by atoms with Gasteiger partial charge in [0.05, 0.1) is 6.42 Å². The smallest absolute Gasteiger partial charge is 0.315 e. The lowest BCUT2D eigenvalue weighted by Crippen LogP contribution is -2.36. The normalized spacial score (nSPS) is 12.1. The van der Waals surface area contributed by atoms with Crippen LogP contribution in [0.25, 0.3) is 16.9 Å². The molecule has 0 aliphatic heterocycles. The molecule has 0 bridgehead atoms. The Morgan fingerprint density at radius 3 is 2.44 bits per heavy atom. The third-order valence-electron chi connectivity index (χ3n) is 5.88. The van der Waals surface area contributed by atoms with Gasteiger partial charge in [0.2, 0.25) is 0 Å². The first-order valence-corrected chi connectivity index (χ1v) is 12.2. The van der Waals surface area contributed by atoms with Crippen LogP contribution in [0, 0.1) is 18.2 Å². The first-order chi connectivity index (χ1) is 16.9. The van der Waals surface area contributed by atoms with Gasteiger partial charge in [0.1, 0.15) is 28.7 Å². The molecule has 2 aromatic heterocycles. The minimum Gasteiger partial charge on any atom is -0.426 e. The number of carbonyl (C=O) groups is 1. The second-order valence-corrected chi connectivity index (χ2v) is 11.2. The molecule has 0 unspecified atom stereocenters. The van der Waals surface area contributed by atoms with Crippen molar-refractivity contribution in [2.45, 2.75) is 59.9 Å². The van der Waals surface area contributed by atoms with E-state index >= 15 is 0 Å². The molecule has 0 spiro atoms. The number of nitrogens with one attached hydrogen (secondary N) is 1. The van der Waals surface area contributed by atoms with Crippen LogP contribution >= 0.6 is 0 Å². The summed E-state index contributed by atoms with van der Waals surface area (Å²) in [6, 6.07) is 17.3. The van der Waals surface area contributed by atoms with Gasteiger partial charge in [0.25, 0.3) is 0 Å². The molecule has 4 aromatic rings. The number of fused-ring (bicyclic) bond motifs is 1. The molecule has 0 amide bonds. The van der Waals surface area contributed by atoms with Gasteiger partial charge >= 0.3 is 5.97 Å². The number of aryl methyl sites for hydroxylation is 1. The van der Waals surface area contributed by atoms with Crippen LogP contribution in [0.15, 0.2) is 66.9 Å². The topological polar surface area (TPSA) is 55.6 Å².